The van der Waals surface area contributed by atoms with E-state index in [4.69, 9.17) is 32.9 Å². The Labute approximate surface area is 258 Å². The van der Waals surface area contributed by atoms with Crippen molar-refractivity contribution in [2.75, 3.05) is 4.90 Å². The highest BCUT2D eigenvalue weighted by molar-refractivity contribution is 6.35. The molecule has 1 fully saturated rings. The Balaban J connectivity index is 1.31. The van der Waals surface area contributed by atoms with Crippen LogP contribution in [0, 0.1) is 17.8 Å². The molecule has 1 aliphatic carbocycles. The fourth-order valence-electron chi connectivity index (χ4n) is 5.87. The lowest BCUT2D eigenvalue weighted by molar-refractivity contribution is -0.122. The number of hydrogen-bond donors (Lipinski definition) is 0. The van der Waals surface area contributed by atoms with Gasteiger partial charge in [0.1, 0.15) is 0 Å². The second-order valence-electron chi connectivity index (χ2n) is 10.8. The van der Waals surface area contributed by atoms with Gasteiger partial charge in [0.2, 0.25) is 17.6 Å². The topological polar surface area (TPSA) is 93.6 Å². The lowest BCUT2D eigenvalue weighted by atomic mass is 9.78. The third kappa shape index (κ3) is 5.24. The first kappa shape index (κ1) is 28.8. The second kappa shape index (κ2) is 11.4. The summed E-state index contributed by atoms with van der Waals surface area (Å²) >= 11 is 12.5. The van der Waals surface area contributed by atoms with Gasteiger partial charge >= 0.3 is 5.97 Å². The van der Waals surface area contributed by atoms with Gasteiger partial charge in [-0.2, -0.15) is 0 Å². The summed E-state index contributed by atoms with van der Waals surface area (Å²) in [5, 5.41) is 1.21. The maximum absolute atomic E-state index is 13.5. The summed E-state index contributed by atoms with van der Waals surface area (Å²) in [4.78, 5) is 58.8. The van der Waals surface area contributed by atoms with E-state index in [-0.39, 0.29) is 40.9 Å². The molecule has 2 amide bonds. The number of rotatable bonds is 6. The average Bonchev–Trinajstić information content (AvgIpc) is 3.26. The number of allylic oxidation sites excluding steroid dienone is 2. The maximum Gasteiger partial charge on any atom is 0.339 e. The van der Waals surface area contributed by atoms with Crippen LogP contribution in [0.5, 0.6) is 0 Å². The molecule has 6 rings (SSSR count). The van der Waals surface area contributed by atoms with Crippen molar-refractivity contribution in [1.29, 1.82) is 0 Å². The van der Waals surface area contributed by atoms with Crippen LogP contribution in [0.2, 0.25) is 10.0 Å². The second-order valence-corrected chi connectivity index (χ2v) is 11.7. The molecule has 0 spiro atoms. The van der Waals surface area contributed by atoms with E-state index in [9.17, 15) is 19.2 Å². The molecule has 3 aromatic carbocycles. The van der Waals surface area contributed by atoms with Crippen molar-refractivity contribution < 1.29 is 23.9 Å². The van der Waals surface area contributed by atoms with E-state index in [2.05, 4.69) is 0 Å². The van der Waals surface area contributed by atoms with Gasteiger partial charge in [-0.05, 0) is 55.7 Å². The number of carbonyl (C=O) groups excluding carboxylic acids is 4. The van der Waals surface area contributed by atoms with Gasteiger partial charge < -0.3 is 4.74 Å². The van der Waals surface area contributed by atoms with Crippen molar-refractivity contribution in [2.24, 2.45) is 17.8 Å². The van der Waals surface area contributed by atoms with E-state index in [1.807, 2.05) is 19.1 Å². The van der Waals surface area contributed by atoms with Crippen molar-refractivity contribution in [2.45, 2.75) is 26.4 Å². The number of imide groups is 1. The number of ketones is 1. The van der Waals surface area contributed by atoms with E-state index in [1.165, 1.54) is 17.9 Å². The molecule has 0 bridgehead atoms. The van der Waals surface area contributed by atoms with E-state index in [1.54, 1.807) is 66.7 Å². The number of pyridine rings is 1. The summed E-state index contributed by atoms with van der Waals surface area (Å²) in [6.45, 7) is 3.46. The molecule has 2 aliphatic rings. The normalized spacial score (nSPS) is 20.3. The van der Waals surface area contributed by atoms with E-state index in [0.717, 1.165) is 0 Å². The minimum absolute atomic E-state index is 0.00676. The van der Waals surface area contributed by atoms with Gasteiger partial charge in [0.05, 0.1) is 39.3 Å². The van der Waals surface area contributed by atoms with Gasteiger partial charge in [0, 0.05) is 21.5 Å². The number of halogens is 2. The first-order valence-electron chi connectivity index (χ1n) is 13.9. The molecule has 1 aromatic heterocycles. The standard InChI is InChI=1S/C34H26Cl2N2O5/c1-18-6-3-10-25-29(18)33(41)38(32(25)40)23-14-12-20(13-15-23)28-17-26(24-9-5-11-27(36)30(24)37-28)34(42)43-19(2)31(39)21-7-4-8-22(35)16-21/h3-9,11-19,25,29H,10H2,1-2H3. The number of fused-ring (bicyclic) bond motifs is 2. The molecule has 2 heterocycles. The molecule has 216 valence electrons. The zero-order chi connectivity index (χ0) is 30.4. The highest BCUT2D eigenvalue weighted by Gasteiger charge is 2.50. The molecule has 0 N–H and O–H groups in total. The van der Waals surface area contributed by atoms with E-state index >= 15 is 0 Å². The van der Waals surface area contributed by atoms with E-state index < -0.39 is 12.1 Å². The fraction of sp³-hybridized carbons (Fsp3) is 0.206. The van der Waals surface area contributed by atoms with Crippen LogP contribution < -0.4 is 4.90 Å². The summed E-state index contributed by atoms with van der Waals surface area (Å²) in [5.74, 6) is -2.20. The smallest absolute Gasteiger partial charge is 0.339 e. The van der Waals surface area contributed by atoms with Crippen LogP contribution >= 0.6 is 23.2 Å². The number of hydrogen-bond acceptors (Lipinski definition) is 6. The molecule has 4 atom stereocenters. The molecule has 7 nitrogen and oxygen atoms in total. The van der Waals surface area contributed by atoms with Crippen molar-refractivity contribution in [3.63, 3.8) is 0 Å². The Morgan fingerprint density at radius 2 is 1.72 bits per heavy atom. The van der Waals surface area contributed by atoms with Gasteiger partial charge in [0.15, 0.2) is 6.10 Å². The zero-order valence-corrected chi connectivity index (χ0v) is 24.8. The number of amides is 2. The number of anilines is 1. The lowest BCUT2D eigenvalue weighted by Gasteiger charge is -2.22. The van der Waals surface area contributed by atoms with Crippen LogP contribution in [0.1, 0.15) is 41.0 Å². The van der Waals surface area contributed by atoms with Crippen LogP contribution in [0.25, 0.3) is 22.2 Å². The SMILES string of the molecule is CC(OC(=O)c1cc(-c2ccc(N3C(=O)C4CC=CC(C)C4C3=O)cc2)nc2c(Cl)cccc12)C(=O)c1cccc(Cl)c1. The number of carbonyl (C=O) groups is 4. The van der Waals surface area contributed by atoms with Crippen LogP contribution in [-0.2, 0) is 14.3 Å². The number of Topliss-reactive ketones (excluding diaryl/α,β-unsaturated/α-hetero) is 1. The fourth-order valence-corrected chi connectivity index (χ4v) is 6.27. The molecule has 0 radical (unpaired) electrons. The maximum atomic E-state index is 13.5. The van der Waals surface area contributed by atoms with E-state index in [0.29, 0.717) is 49.9 Å². The molecule has 4 aromatic rings. The highest BCUT2D eigenvalue weighted by Crippen LogP contribution is 2.41. The number of aromatic nitrogens is 1. The number of para-hydroxylation sites is 1. The quantitative estimate of drug-likeness (QED) is 0.0978. The summed E-state index contributed by atoms with van der Waals surface area (Å²) in [6, 6.07) is 20.0. The molecule has 43 heavy (non-hydrogen) atoms. The Morgan fingerprint density at radius 3 is 2.44 bits per heavy atom. The number of nitrogens with zero attached hydrogens (tertiary/aromatic N) is 2. The Kier molecular flexibility index (Phi) is 7.63. The lowest BCUT2D eigenvalue weighted by Crippen LogP contribution is -2.31. The molecular weight excluding hydrogens is 587 g/mol. The Bertz CT molecular complexity index is 1830. The number of ether oxygens (including phenoxy) is 1. The number of esters is 1. The minimum Gasteiger partial charge on any atom is -0.451 e. The van der Waals surface area contributed by atoms with Gasteiger partial charge in [-0.3, -0.25) is 19.3 Å². The average molecular weight is 613 g/mol. The largest absolute Gasteiger partial charge is 0.451 e. The first-order chi connectivity index (χ1) is 20.6. The van der Waals surface area contributed by atoms with Gasteiger partial charge in [-0.15, -0.1) is 0 Å². The predicted octanol–water partition coefficient (Wildman–Crippen LogP) is 7.34. The third-order valence-electron chi connectivity index (χ3n) is 8.07. The summed E-state index contributed by atoms with van der Waals surface area (Å²) < 4.78 is 5.61. The predicted molar refractivity (Wildman–Crippen MR) is 165 cm³/mol. The van der Waals surface area contributed by atoms with Crippen molar-refractivity contribution in [3.8, 4) is 11.3 Å². The van der Waals surface area contributed by atoms with Crippen LogP contribution in [0.3, 0.4) is 0 Å². The van der Waals surface area contributed by atoms with Crippen LogP contribution in [0.4, 0.5) is 5.69 Å². The highest BCUT2D eigenvalue weighted by atomic mass is 35.5. The molecule has 0 saturated carbocycles. The monoisotopic (exact) mass is 612 g/mol. The molecule has 1 saturated heterocycles. The Hall–Kier alpha value is -4.33. The van der Waals surface area contributed by atoms with Crippen LogP contribution in [0.15, 0.2) is 84.9 Å². The van der Waals surface area contributed by atoms with Crippen LogP contribution in [-0.4, -0.2) is 34.7 Å². The van der Waals surface area contributed by atoms with Crippen molar-refractivity contribution in [3.05, 3.63) is 106 Å². The molecule has 4 unspecified atom stereocenters. The van der Waals surface area contributed by atoms with Gasteiger partial charge in [-0.25, -0.2) is 9.78 Å². The molecule has 9 heteroatoms. The minimum atomic E-state index is -1.08. The molecule has 1 aliphatic heterocycles. The zero-order valence-electron chi connectivity index (χ0n) is 23.3. The summed E-state index contributed by atoms with van der Waals surface area (Å²) in [7, 11) is 0. The van der Waals surface area contributed by atoms with Crippen molar-refractivity contribution in [1.82, 2.24) is 4.98 Å². The Morgan fingerprint density at radius 1 is 0.977 bits per heavy atom. The van der Waals surface area contributed by atoms with Crippen molar-refractivity contribution >= 4 is 63.4 Å². The first-order valence-corrected chi connectivity index (χ1v) is 14.6. The summed E-state index contributed by atoms with van der Waals surface area (Å²) in [5.41, 5.74) is 2.45. The summed E-state index contributed by atoms with van der Waals surface area (Å²) in [6.07, 6.45) is 3.44. The van der Waals surface area contributed by atoms with Gasteiger partial charge in [0.25, 0.3) is 0 Å². The van der Waals surface area contributed by atoms with Gasteiger partial charge in [-0.1, -0.05) is 78.7 Å². The number of benzene rings is 3. The third-order valence-corrected chi connectivity index (χ3v) is 8.61. The molecular formula is C34H26Cl2N2O5.